The first kappa shape index (κ1) is 14.4. The molecule has 2 nitrogen and oxygen atoms in total. The summed E-state index contributed by atoms with van der Waals surface area (Å²) in [6.45, 7) is 0.617. The van der Waals surface area contributed by atoms with E-state index in [1.54, 1.807) is 0 Å². The molecule has 1 aromatic carbocycles. The summed E-state index contributed by atoms with van der Waals surface area (Å²) in [7, 11) is 0. The Morgan fingerprint density at radius 3 is 2.84 bits per heavy atom. The van der Waals surface area contributed by atoms with Crippen molar-refractivity contribution < 1.29 is 9.18 Å². The third-order valence-corrected chi connectivity index (χ3v) is 4.02. The zero-order valence-electron chi connectivity index (χ0n) is 11.0. The molecular formula is C15H20FNOS. The van der Waals surface area contributed by atoms with Gasteiger partial charge in [-0.25, -0.2) is 4.39 Å². The van der Waals surface area contributed by atoms with Crippen LogP contribution in [0.2, 0.25) is 0 Å². The van der Waals surface area contributed by atoms with Crippen molar-refractivity contribution >= 4 is 18.5 Å². The zero-order valence-corrected chi connectivity index (χ0v) is 11.9. The minimum absolute atomic E-state index is 0.0772. The van der Waals surface area contributed by atoms with Gasteiger partial charge in [-0.2, -0.15) is 0 Å². The second-order valence-electron chi connectivity index (χ2n) is 5.21. The van der Waals surface area contributed by atoms with E-state index in [4.69, 9.17) is 0 Å². The summed E-state index contributed by atoms with van der Waals surface area (Å²) >= 11 is 4.12. The molecule has 0 aliphatic heterocycles. The Kier molecular flexibility index (Phi) is 5.25. The second-order valence-corrected chi connectivity index (χ2v) is 5.73. The highest BCUT2D eigenvalue weighted by atomic mass is 32.1. The highest BCUT2D eigenvalue weighted by Gasteiger charge is 2.15. The van der Waals surface area contributed by atoms with Crippen LogP contribution in [-0.2, 0) is 0 Å². The van der Waals surface area contributed by atoms with Gasteiger partial charge < -0.3 is 5.32 Å². The predicted molar refractivity (Wildman–Crippen MR) is 77.2 cm³/mol. The van der Waals surface area contributed by atoms with Crippen molar-refractivity contribution in [1.82, 2.24) is 5.32 Å². The van der Waals surface area contributed by atoms with Gasteiger partial charge >= 0.3 is 0 Å². The summed E-state index contributed by atoms with van der Waals surface area (Å²) < 4.78 is 13.5. The topological polar surface area (TPSA) is 29.1 Å². The van der Waals surface area contributed by atoms with Crippen molar-refractivity contribution in [2.24, 2.45) is 5.92 Å². The molecule has 0 saturated heterocycles. The van der Waals surface area contributed by atoms with Crippen LogP contribution in [0.15, 0.2) is 23.1 Å². The molecule has 1 amide bonds. The molecule has 0 spiro atoms. The average Bonchev–Trinajstić information content (AvgIpc) is 2.90. The first-order valence-electron chi connectivity index (χ1n) is 6.93. The van der Waals surface area contributed by atoms with Gasteiger partial charge in [-0.1, -0.05) is 25.7 Å². The Bertz CT molecular complexity index is 444. The maximum Gasteiger partial charge on any atom is 0.254 e. The Morgan fingerprint density at radius 2 is 2.11 bits per heavy atom. The fraction of sp³-hybridized carbons (Fsp3) is 0.533. The van der Waals surface area contributed by atoms with Crippen molar-refractivity contribution in [3.8, 4) is 0 Å². The van der Waals surface area contributed by atoms with Crippen molar-refractivity contribution in [3.63, 3.8) is 0 Å². The van der Waals surface area contributed by atoms with Gasteiger partial charge in [0, 0.05) is 11.4 Å². The van der Waals surface area contributed by atoms with E-state index in [0.29, 0.717) is 11.4 Å². The molecule has 0 unspecified atom stereocenters. The predicted octanol–water partition coefficient (Wildman–Crippen LogP) is 3.81. The second kappa shape index (κ2) is 6.94. The highest BCUT2D eigenvalue weighted by Crippen LogP contribution is 2.28. The molecule has 1 aliphatic carbocycles. The monoisotopic (exact) mass is 281 g/mol. The van der Waals surface area contributed by atoms with Gasteiger partial charge in [-0.05, 0) is 37.0 Å². The molecular weight excluding hydrogens is 261 g/mol. The Hall–Kier alpha value is -1.03. The summed E-state index contributed by atoms with van der Waals surface area (Å²) in [5.74, 6) is -0.0136. The maximum absolute atomic E-state index is 13.5. The molecule has 0 atom stereocenters. The maximum atomic E-state index is 13.5. The van der Waals surface area contributed by atoms with Crippen LogP contribution in [0.5, 0.6) is 0 Å². The van der Waals surface area contributed by atoms with Crippen molar-refractivity contribution in [2.75, 3.05) is 6.54 Å². The fourth-order valence-corrected chi connectivity index (χ4v) is 2.88. The number of rotatable bonds is 5. The van der Waals surface area contributed by atoms with Crippen molar-refractivity contribution in [1.29, 1.82) is 0 Å². The third-order valence-electron chi connectivity index (χ3n) is 3.74. The van der Waals surface area contributed by atoms with E-state index in [1.165, 1.54) is 43.9 Å². The molecule has 0 bridgehead atoms. The highest BCUT2D eigenvalue weighted by molar-refractivity contribution is 7.80. The van der Waals surface area contributed by atoms with Crippen LogP contribution >= 0.6 is 12.6 Å². The molecule has 1 fully saturated rings. The number of thiol groups is 1. The normalized spacial score (nSPS) is 15.7. The van der Waals surface area contributed by atoms with Gasteiger partial charge in [0.1, 0.15) is 5.82 Å². The van der Waals surface area contributed by atoms with Gasteiger partial charge in [0.05, 0.1) is 5.56 Å². The van der Waals surface area contributed by atoms with E-state index < -0.39 is 5.82 Å². The lowest BCUT2D eigenvalue weighted by Gasteiger charge is -2.10. The van der Waals surface area contributed by atoms with Gasteiger partial charge in [0.15, 0.2) is 0 Å². The molecule has 1 aromatic rings. The summed E-state index contributed by atoms with van der Waals surface area (Å²) in [4.78, 5) is 12.4. The first-order valence-corrected chi connectivity index (χ1v) is 7.38. The summed E-state index contributed by atoms with van der Waals surface area (Å²) in [5.41, 5.74) is 0.0772. The van der Waals surface area contributed by atoms with Crippen LogP contribution in [-0.4, -0.2) is 12.5 Å². The number of hydrogen-bond acceptors (Lipinski definition) is 2. The SMILES string of the molecule is O=C(NCCCC1CCCC1)c1cc(S)ccc1F. The van der Waals surface area contributed by atoms with Crippen LogP contribution in [0, 0.1) is 11.7 Å². The summed E-state index contributed by atoms with van der Waals surface area (Å²) in [6.07, 6.45) is 7.47. The van der Waals surface area contributed by atoms with E-state index in [2.05, 4.69) is 17.9 Å². The van der Waals surface area contributed by atoms with Crippen LogP contribution in [0.25, 0.3) is 0 Å². The zero-order chi connectivity index (χ0) is 13.7. The lowest BCUT2D eigenvalue weighted by Crippen LogP contribution is -2.25. The van der Waals surface area contributed by atoms with E-state index >= 15 is 0 Å². The largest absolute Gasteiger partial charge is 0.352 e. The van der Waals surface area contributed by atoms with Crippen LogP contribution < -0.4 is 5.32 Å². The molecule has 104 valence electrons. The minimum atomic E-state index is -0.494. The lowest BCUT2D eigenvalue weighted by atomic mass is 10.0. The molecule has 1 N–H and O–H groups in total. The molecule has 19 heavy (non-hydrogen) atoms. The summed E-state index contributed by atoms with van der Waals surface area (Å²) in [5, 5.41) is 2.78. The Morgan fingerprint density at radius 1 is 1.37 bits per heavy atom. The van der Waals surface area contributed by atoms with Crippen molar-refractivity contribution in [3.05, 3.63) is 29.6 Å². The molecule has 0 radical (unpaired) electrons. The summed E-state index contributed by atoms with van der Waals surface area (Å²) in [6, 6.07) is 4.27. The molecule has 1 aliphatic rings. The number of hydrogen-bond donors (Lipinski definition) is 2. The smallest absolute Gasteiger partial charge is 0.254 e. The molecule has 4 heteroatoms. The van der Waals surface area contributed by atoms with Gasteiger partial charge in [-0.3, -0.25) is 4.79 Å². The molecule has 0 aromatic heterocycles. The quantitative estimate of drug-likeness (QED) is 0.623. The van der Waals surface area contributed by atoms with E-state index in [0.717, 1.165) is 18.8 Å². The molecule has 0 heterocycles. The Balaban J connectivity index is 1.75. The average molecular weight is 281 g/mol. The molecule has 1 saturated carbocycles. The van der Waals surface area contributed by atoms with Gasteiger partial charge in [-0.15, -0.1) is 12.6 Å². The van der Waals surface area contributed by atoms with Crippen LogP contribution in [0.3, 0.4) is 0 Å². The van der Waals surface area contributed by atoms with Crippen molar-refractivity contribution in [2.45, 2.75) is 43.4 Å². The first-order chi connectivity index (χ1) is 9.16. The fourth-order valence-electron chi connectivity index (χ4n) is 2.67. The number of nitrogens with one attached hydrogen (secondary N) is 1. The number of benzene rings is 1. The van der Waals surface area contributed by atoms with Crippen LogP contribution in [0.1, 0.15) is 48.9 Å². The number of carbonyl (C=O) groups excluding carboxylic acids is 1. The van der Waals surface area contributed by atoms with E-state index in [1.807, 2.05) is 0 Å². The van der Waals surface area contributed by atoms with Gasteiger partial charge in [0.2, 0.25) is 0 Å². The standard InChI is InChI=1S/C15H20FNOS/c16-14-8-7-12(19)10-13(14)15(18)17-9-3-6-11-4-1-2-5-11/h7-8,10-11,19H,1-6,9H2,(H,17,18). The molecule has 2 rings (SSSR count). The van der Waals surface area contributed by atoms with Crippen LogP contribution in [0.4, 0.5) is 4.39 Å². The van der Waals surface area contributed by atoms with Gasteiger partial charge in [0.25, 0.3) is 5.91 Å². The third kappa shape index (κ3) is 4.23. The van der Waals surface area contributed by atoms with E-state index in [-0.39, 0.29) is 11.5 Å². The number of halogens is 1. The Labute approximate surface area is 119 Å². The lowest BCUT2D eigenvalue weighted by molar-refractivity contribution is 0.0948. The minimum Gasteiger partial charge on any atom is -0.352 e. The van der Waals surface area contributed by atoms with E-state index in [9.17, 15) is 9.18 Å². The number of amides is 1. The number of carbonyl (C=O) groups is 1.